The van der Waals surface area contributed by atoms with Crippen LogP contribution in [0, 0.1) is 0 Å². The number of nitrogens with two attached hydrogens (primary N) is 1. The molecule has 0 aliphatic heterocycles. The van der Waals surface area contributed by atoms with Gasteiger partial charge in [-0.05, 0) is 61.2 Å². The molecule has 3 aromatic carbocycles. The summed E-state index contributed by atoms with van der Waals surface area (Å²) in [5.74, 6) is -0.229. The first-order valence-electron chi connectivity index (χ1n) is 9.76. The van der Waals surface area contributed by atoms with Gasteiger partial charge in [-0.1, -0.05) is 31.7 Å². The van der Waals surface area contributed by atoms with Crippen molar-refractivity contribution in [3.8, 4) is 5.69 Å². The summed E-state index contributed by atoms with van der Waals surface area (Å²) in [6, 6.07) is 20.9. The number of anilines is 3. The molecule has 4 rings (SSSR count). The number of carbonyl (C=O) groups is 1. The van der Waals surface area contributed by atoms with E-state index >= 15 is 0 Å². The standard InChI is InChI=1S/C24H23N5O/c1-3-21-19-12-11-17(15-23(19)29(28-21)18-8-6-5-7-9-18)27-24(30)16-10-13-22(26-4-2)20(25)14-16/h4-15,26H,2-3,25H2,1H3,(H,27,30). The molecule has 0 aliphatic rings. The number of amides is 1. The number of hydrogen-bond acceptors (Lipinski definition) is 4. The van der Waals surface area contributed by atoms with Crippen LogP contribution in [0.5, 0.6) is 0 Å². The Hall–Kier alpha value is -4.06. The first-order chi connectivity index (χ1) is 14.6. The number of nitrogens with one attached hydrogen (secondary N) is 2. The monoisotopic (exact) mass is 397 g/mol. The number of benzene rings is 3. The number of rotatable bonds is 6. The van der Waals surface area contributed by atoms with E-state index in [-0.39, 0.29) is 5.91 Å². The highest BCUT2D eigenvalue weighted by molar-refractivity contribution is 6.06. The van der Waals surface area contributed by atoms with Gasteiger partial charge < -0.3 is 16.4 Å². The van der Waals surface area contributed by atoms with Crippen molar-refractivity contribution in [3.63, 3.8) is 0 Å². The van der Waals surface area contributed by atoms with Gasteiger partial charge in [0.15, 0.2) is 0 Å². The lowest BCUT2D eigenvalue weighted by Gasteiger charge is -2.10. The zero-order chi connectivity index (χ0) is 21.1. The van der Waals surface area contributed by atoms with Crippen LogP contribution in [0.3, 0.4) is 0 Å². The molecule has 0 spiro atoms. The van der Waals surface area contributed by atoms with Crippen LogP contribution >= 0.6 is 0 Å². The summed E-state index contributed by atoms with van der Waals surface area (Å²) in [5.41, 5.74) is 11.3. The van der Waals surface area contributed by atoms with Gasteiger partial charge in [-0.2, -0.15) is 5.10 Å². The molecule has 6 nitrogen and oxygen atoms in total. The summed E-state index contributed by atoms with van der Waals surface area (Å²) >= 11 is 0. The topological polar surface area (TPSA) is 85.0 Å². The summed E-state index contributed by atoms with van der Waals surface area (Å²) < 4.78 is 1.91. The summed E-state index contributed by atoms with van der Waals surface area (Å²) in [4.78, 5) is 12.8. The Labute approximate surface area is 175 Å². The molecule has 0 saturated heterocycles. The number of carbonyl (C=O) groups excluding carboxylic acids is 1. The van der Waals surface area contributed by atoms with Crippen LogP contribution < -0.4 is 16.4 Å². The second kappa shape index (κ2) is 8.13. The van der Waals surface area contributed by atoms with Gasteiger partial charge in [-0.15, -0.1) is 0 Å². The van der Waals surface area contributed by atoms with E-state index in [1.165, 1.54) is 0 Å². The van der Waals surface area contributed by atoms with E-state index < -0.39 is 0 Å². The molecule has 30 heavy (non-hydrogen) atoms. The van der Waals surface area contributed by atoms with Crippen LogP contribution in [0.25, 0.3) is 16.6 Å². The Morgan fingerprint density at radius 2 is 1.93 bits per heavy atom. The maximum Gasteiger partial charge on any atom is 0.255 e. The summed E-state index contributed by atoms with van der Waals surface area (Å²) in [5, 5.41) is 11.7. The van der Waals surface area contributed by atoms with Gasteiger partial charge >= 0.3 is 0 Å². The lowest BCUT2D eigenvalue weighted by Crippen LogP contribution is -2.12. The van der Waals surface area contributed by atoms with E-state index in [1.807, 2.05) is 53.2 Å². The van der Waals surface area contributed by atoms with Crippen molar-refractivity contribution in [1.82, 2.24) is 9.78 Å². The Morgan fingerprint density at radius 3 is 2.63 bits per heavy atom. The van der Waals surface area contributed by atoms with Gasteiger partial charge in [0.2, 0.25) is 0 Å². The molecule has 0 saturated carbocycles. The van der Waals surface area contributed by atoms with E-state index in [9.17, 15) is 4.79 Å². The summed E-state index contributed by atoms with van der Waals surface area (Å²) in [6.45, 7) is 5.70. The van der Waals surface area contributed by atoms with Crippen molar-refractivity contribution in [3.05, 3.63) is 90.8 Å². The molecule has 4 aromatic rings. The van der Waals surface area contributed by atoms with Crippen molar-refractivity contribution in [2.45, 2.75) is 13.3 Å². The molecule has 0 bridgehead atoms. The lowest BCUT2D eigenvalue weighted by molar-refractivity contribution is 0.102. The quantitative estimate of drug-likeness (QED) is 0.401. The average molecular weight is 397 g/mol. The van der Waals surface area contributed by atoms with Gasteiger partial charge in [0.1, 0.15) is 0 Å². The Bertz CT molecular complexity index is 1230. The highest BCUT2D eigenvalue weighted by Crippen LogP contribution is 2.26. The van der Waals surface area contributed by atoms with Crippen LogP contribution in [0.1, 0.15) is 23.0 Å². The largest absolute Gasteiger partial charge is 0.397 e. The number of nitrogen functional groups attached to an aromatic ring is 1. The molecule has 6 heteroatoms. The van der Waals surface area contributed by atoms with E-state index in [0.29, 0.717) is 22.6 Å². The minimum Gasteiger partial charge on any atom is -0.397 e. The fraction of sp³-hybridized carbons (Fsp3) is 0.0833. The molecule has 0 atom stereocenters. The third kappa shape index (κ3) is 3.63. The molecule has 150 valence electrons. The predicted octanol–water partition coefficient (Wildman–Crippen LogP) is 4.98. The van der Waals surface area contributed by atoms with Gasteiger partial charge in [-0.3, -0.25) is 4.79 Å². The molecule has 0 fully saturated rings. The highest BCUT2D eigenvalue weighted by atomic mass is 16.1. The number of aromatic nitrogens is 2. The molecule has 0 radical (unpaired) electrons. The molecular formula is C24H23N5O. The van der Waals surface area contributed by atoms with Crippen molar-refractivity contribution in [2.75, 3.05) is 16.4 Å². The van der Waals surface area contributed by atoms with E-state index in [0.717, 1.165) is 28.7 Å². The molecular weight excluding hydrogens is 374 g/mol. The van der Waals surface area contributed by atoms with Crippen molar-refractivity contribution >= 4 is 33.9 Å². The van der Waals surface area contributed by atoms with E-state index in [1.54, 1.807) is 24.4 Å². The zero-order valence-electron chi connectivity index (χ0n) is 16.7. The second-order valence-corrected chi connectivity index (χ2v) is 6.88. The number of fused-ring (bicyclic) bond motifs is 1. The Morgan fingerprint density at radius 1 is 1.13 bits per heavy atom. The maximum absolute atomic E-state index is 12.8. The van der Waals surface area contributed by atoms with Gasteiger partial charge in [0, 0.05) is 16.6 Å². The van der Waals surface area contributed by atoms with Crippen LogP contribution in [0.15, 0.2) is 79.5 Å². The predicted molar refractivity (Wildman–Crippen MR) is 123 cm³/mol. The Balaban J connectivity index is 1.67. The molecule has 4 N–H and O–H groups in total. The molecule has 1 heterocycles. The average Bonchev–Trinajstić information content (AvgIpc) is 3.14. The molecule has 0 unspecified atom stereocenters. The number of aryl methyl sites for hydroxylation is 1. The fourth-order valence-electron chi connectivity index (χ4n) is 3.43. The fourth-order valence-corrected chi connectivity index (χ4v) is 3.43. The third-order valence-electron chi connectivity index (χ3n) is 4.92. The zero-order valence-corrected chi connectivity index (χ0v) is 16.7. The van der Waals surface area contributed by atoms with Gasteiger partial charge in [0.25, 0.3) is 5.91 Å². The van der Waals surface area contributed by atoms with Crippen LogP contribution in [-0.2, 0) is 6.42 Å². The van der Waals surface area contributed by atoms with E-state index in [2.05, 4.69) is 24.1 Å². The lowest BCUT2D eigenvalue weighted by atomic mass is 10.1. The third-order valence-corrected chi connectivity index (χ3v) is 4.92. The molecule has 1 amide bonds. The van der Waals surface area contributed by atoms with E-state index in [4.69, 9.17) is 10.8 Å². The van der Waals surface area contributed by atoms with Crippen LogP contribution in [0.2, 0.25) is 0 Å². The SMILES string of the molecule is C=CNc1ccc(C(=O)Nc2ccc3c(CC)nn(-c4ccccc4)c3c2)cc1N. The molecule has 0 aliphatic carbocycles. The van der Waals surface area contributed by atoms with Gasteiger partial charge in [0.05, 0.1) is 28.3 Å². The van der Waals surface area contributed by atoms with Gasteiger partial charge in [-0.25, -0.2) is 4.68 Å². The molecule has 1 aromatic heterocycles. The van der Waals surface area contributed by atoms with Crippen molar-refractivity contribution < 1.29 is 4.79 Å². The number of hydrogen-bond donors (Lipinski definition) is 3. The Kier molecular flexibility index (Phi) is 5.22. The van der Waals surface area contributed by atoms with Crippen LogP contribution in [0.4, 0.5) is 17.1 Å². The minimum absolute atomic E-state index is 0.229. The van der Waals surface area contributed by atoms with Crippen molar-refractivity contribution in [1.29, 1.82) is 0 Å². The smallest absolute Gasteiger partial charge is 0.255 e. The highest BCUT2D eigenvalue weighted by Gasteiger charge is 2.13. The summed E-state index contributed by atoms with van der Waals surface area (Å²) in [6.07, 6.45) is 2.37. The number of para-hydroxylation sites is 1. The normalized spacial score (nSPS) is 10.7. The van der Waals surface area contributed by atoms with Crippen LogP contribution in [-0.4, -0.2) is 15.7 Å². The summed E-state index contributed by atoms with van der Waals surface area (Å²) in [7, 11) is 0. The second-order valence-electron chi connectivity index (χ2n) is 6.88. The van der Waals surface area contributed by atoms with Crippen molar-refractivity contribution in [2.24, 2.45) is 0 Å². The first kappa shape index (κ1) is 19.3. The first-order valence-corrected chi connectivity index (χ1v) is 9.76. The minimum atomic E-state index is -0.229. The number of nitrogens with zero attached hydrogens (tertiary/aromatic N) is 2. The maximum atomic E-state index is 12.8.